The van der Waals surface area contributed by atoms with Gasteiger partial charge >= 0.3 is 6.18 Å². The van der Waals surface area contributed by atoms with Crippen molar-refractivity contribution in [2.75, 3.05) is 12.4 Å². The number of benzene rings is 2. The van der Waals surface area contributed by atoms with Gasteiger partial charge in [-0.25, -0.2) is 9.67 Å². The van der Waals surface area contributed by atoms with Gasteiger partial charge in [0.2, 0.25) is 17.9 Å². The molecule has 0 aliphatic rings. The minimum atomic E-state index is -4.78. The summed E-state index contributed by atoms with van der Waals surface area (Å²) in [6.45, 7) is 2.07. The molecule has 1 atom stereocenters. The van der Waals surface area contributed by atoms with Crippen LogP contribution in [0.15, 0.2) is 64.6 Å². The summed E-state index contributed by atoms with van der Waals surface area (Å²) in [5.74, 6) is 0.625. The van der Waals surface area contributed by atoms with Crippen LogP contribution in [0, 0.1) is 6.92 Å². The van der Waals surface area contributed by atoms with E-state index < -0.39 is 12.3 Å². The highest BCUT2D eigenvalue weighted by atomic mass is 79.9. The van der Waals surface area contributed by atoms with Gasteiger partial charge in [-0.3, -0.25) is 0 Å². The Morgan fingerprint density at radius 1 is 1.13 bits per heavy atom. The molecule has 202 valence electrons. The number of hydrogen-bond donors (Lipinski definition) is 1. The molecule has 0 bridgehead atoms. The topological polar surface area (TPSA) is 74.1 Å². The number of halogens is 5. The highest BCUT2D eigenvalue weighted by Crippen LogP contribution is 2.43. The van der Waals surface area contributed by atoms with E-state index in [-0.39, 0.29) is 28.1 Å². The van der Waals surface area contributed by atoms with Gasteiger partial charge in [0.1, 0.15) is 16.0 Å². The Labute approximate surface area is 238 Å². The molecule has 5 aromatic rings. The van der Waals surface area contributed by atoms with Crippen molar-refractivity contribution in [2.24, 2.45) is 0 Å². The van der Waals surface area contributed by atoms with Gasteiger partial charge in [-0.1, -0.05) is 29.8 Å². The molecular formula is C26H20BrClF3N5O2S. The van der Waals surface area contributed by atoms with Gasteiger partial charge in [0.05, 0.1) is 23.0 Å². The SMILES string of the molecule is COc1ccc(CNc2nc(OC(c3ccc(Cl)cc3-n3ccc(C)n3)C(F)(F)F)c3scc(Br)c3n2)cc1. The van der Waals surface area contributed by atoms with Crippen LogP contribution in [0.3, 0.4) is 0 Å². The molecule has 0 amide bonds. The van der Waals surface area contributed by atoms with E-state index in [0.717, 1.165) is 5.56 Å². The molecular weight excluding hydrogens is 619 g/mol. The van der Waals surface area contributed by atoms with E-state index in [1.807, 2.05) is 24.3 Å². The van der Waals surface area contributed by atoms with Gasteiger partial charge < -0.3 is 14.8 Å². The minimum Gasteiger partial charge on any atom is -0.497 e. The molecule has 0 radical (unpaired) electrons. The third-order valence-electron chi connectivity index (χ3n) is 5.72. The van der Waals surface area contributed by atoms with E-state index in [9.17, 15) is 13.2 Å². The summed E-state index contributed by atoms with van der Waals surface area (Å²) in [4.78, 5) is 8.83. The van der Waals surface area contributed by atoms with Gasteiger partial charge in [-0.15, -0.1) is 11.3 Å². The third-order valence-corrected chi connectivity index (χ3v) is 7.82. The van der Waals surface area contributed by atoms with Crippen molar-refractivity contribution in [3.05, 3.63) is 86.4 Å². The van der Waals surface area contributed by atoms with E-state index in [0.29, 0.717) is 32.7 Å². The Morgan fingerprint density at radius 2 is 1.90 bits per heavy atom. The van der Waals surface area contributed by atoms with Crippen LogP contribution in [-0.4, -0.2) is 33.0 Å². The summed E-state index contributed by atoms with van der Waals surface area (Å²) in [5, 5.41) is 9.34. The highest BCUT2D eigenvalue weighted by Gasteiger charge is 2.45. The number of hydrogen-bond acceptors (Lipinski definition) is 7. The lowest BCUT2D eigenvalue weighted by Gasteiger charge is -2.24. The van der Waals surface area contributed by atoms with Crippen LogP contribution in [0.1, 0.15) is 22.9 Å². The lowest BCUT2D eigenvalue weighted by atomic mass is 10.1. The molecule has 0 saturated heterocycles. The fourth-order valence-corrected chi connectivity index (χ4v) is 5.51. The van der Waals surface area contributed by atoms with Crippen molar-refractivity contribution in [2.45, 2.75) is 25.7 Å². The second-order valence-electron chi connectivity index (χ2n) is 8.46. The average molecular weight is 639 g/mol. The van der Waals surface area contributed by atoms with E-state index >= 15 is 0 Å². The van der Waals surface area contributed by atoms with Crippen molar-refractivity contribution >= 4 is 55.0 Å². The summed E-state index contributed by atoms with van der Waals surface area (Å²) in [5.41, 5.74) is 1.96. The molecule has 5 rings (SSSR count). The number of aromatic nitrogens is 4. The molecule has 39 heavy (non-hydrogen) atoms. The number of nitrogens with one attached hydrogen (secondary N) is 1. The predicted molar refractivity (Wildman–Crippen MR) is 148 cm³/mol. The number of aryl methyl sites for hydroxylation is 1. The first-order valence-corrected chi connectivity index (χ1v) is 13.5. The quantitative estimate of drug-likeness (QED) is 0.186. The zero-order valence-electron chi connectivity index (χ0n) is 20.5. The number of anilines is 1. The highest BCUT2D eigenvalue weighted by molar-refractivity contribution is 9.10. The van der Waals surface area contributed by atoms with E-state index in [2.05, 4.69) is 36.3 Å². The maximum absolute atomic E-state index is 14.6. The van der Waals surface area contributed by atoms with Crippen molar-refractivity contribution in [3.8, 4) is 17.3 Å². The molecule has 13 heteroatoms. The molecule has 1 N–H and O–H groups in total. The van der Waals surface area contributed by atoms with E-state index in [1.165, 1.54) is 34.2 Å². The Kier molecular flexibility index (Phi) is 7.70. The number of fused-ring (bicyclic) bond motifs is 1. The van der Waals surface area contributed by atoms with Gasteiger partial charge in [0.25, 0.3) is 0 Å². The molecule has 0 spiro atoms. The monoisotopic (exact) mass is 637 g/mol. The van der Waals surface area contributed by atoms with Gasteiger partial charge in [0, 0.05) is 28.7 Å². The van der Waals surface area contributed by atoms with Crippen LogP contribution in [0.5, 0.6) is 11.6 Å². The number of ether oxygens (including phenoxy) is 2. The van der Waals surface area contributed by atoms with Gasteiger partial charge in [-0.2, -0.15) is 23.3 Å². The summed E-state index contributed by atoms with van der Waals surface area (Å²) in [6.07, 6.45) is -5.58. The normalized spacial score (nSPS) is 12.5. The molecule has 2 aromatic carbocycles. The van der Waals surface area contributed by atoms with E-state index in [1.54, 1.807) is 31.7 Å². The number of rotatable bonds is 8. The van der Waals surface area contributed by atoms with Crippen molar-refractivity contribution in [1.82, 2.24) is 19.7 Å². The second kappa shape index (κ2) is 11.0. The van der Waals surface area contributed by atoms with Crippen LogP contribution < -0.4 is 14.8 Å². The summed E-state index contributed by atoms with van der Waals surface area (Å²) >= 11 is 10.8. The van der Waals surface area contributed by atoms with Crippen molar-refractivity contribution in [3.63, 3.8) is 0 Å². The Morgan fingerprint density at radius 3 is 2.56 bits per heavy atom. The summed E-state index contributed by atoms with van der Waals surface area (Å²) in [6, 6.07) is 13.1. The zero-order valence-corrected chi connectivity index (χ0v) is 23.6. The minimum absolute atomic E-state index is 0.118. The molecule has 3 heterocycles. The fourth-order valence-electron chi connectivity index (χ4n) is 3.85. The van der Waals surface area contributed by atoms with Crippen LogP contribution in [0.2, 0.25) is 5.02 Å². The van der Waals surface area contributed by atoms with Crippen LogP contribution in [-0.2, 0) is 6.54 Å². The number of alkyl halides is 3. The predicted octanol–water partition coefficient (Wildman–Crippen LogP) is 7.90. The van der Waals surface area contributed by atoms with Crippen LogP contribution in [0.4, 0.5) is 19.1 Å². The maximum atomic E-state index is 14.6. The number of thiophene rings is 1. The first-order chi connectivity index (χ1) is 18.6. The lowest BCUT2D eigenvalue weighted by Crippen LogP contribution is -2.28. The average Bonchev–Trinajstić information content (AvgIpc) is 3.51. The number of methoxy groups -OCH3 is 1. The molecule has 0 aliphatic carbocycles. The maximum Gasteiger partial charge on any atom is 0.429 e. The second-order valence-corrected chi connectivity index (χ2v) is 10.6. The van der Waals surface area contributed by atoms with Crippen LogP contribution in [0.25, 0.3) is 15.9 Å². The van der Waals surface area contributed by atoms with E-state index in [4.69, 9.17) is 21.1 Å². The third kappa shape index (κ3) is 5.97. The smallest absolute Gasteiger partial charge is 0.429 e. The van der Waals surface area contributed by atoms with Crippen molar-refractivity contribution in [1.29, 1.82) is 0 Å². The molecule has 1 unspecified atom stereocenters. The molecule has 3 aromatic heterocycles. The first kappa shape index (κ1) is 27.2. The van der Waals surface area contributed by atoms with Gasteiger partial charge in [-0.05, 0) is 58.7 Å². The van der Waals surface area contributed by atoms with Crippen LogP contribution >= 0.6 is 38.9 Å². The fraction of sp³-hybridized carbons (Fsp3) is 0.192. The zero-order chi connectivity index (χ0) is 27.7. The van der Waals surface area contributed by atoms with Crippen molar-refractivity contribution < 1.29 is 22.6 Å². The summed E-state index contributed by atoms with van der Waals surface area (Å²) < 4.78 is 56.9. The standard InChI is InChI=1S/C26H20BrClF3N5O2S/c1-14-9-10-36(35-14)20-11-16(28)5-8-18(20)23(26(29,30)31)38-24-22-21(19(27)13-39-22)33-25(34-24)32-12-15-3-6-17(37-2)7-4-15/h3-11,13,23H,12H2,1-2H3,(H,32,33,34). The molecule has 7 nitrogen and oxygen atoms in total. The Hall–Kier alpha value is -3.35. The molecule has 0 aliphatic heterocycles. The Balaban J connectivity index is 1.53. The first-order valence-electron chi connectivity index (χ1n) is 11.5. The molecule has 0 saturated carbocycles. The number of nitrogens with zero attached hydrogens (tertiary/aromatic N) is 4. The largest absolute Gasteiger partial charge is 0.497 e. The van der Waals surface area contributed by atoms with Gasteiger partial charge in [0.15, 0.2) is 0 Å². The molecule has 0 fully saturated rings. The Bertz CT molecular complexity index is 1620. The summed E-state index contributed by atoms with van der Waals surface area (Å²) in [7, 11) is 1.58. The lowest BCUT2D eigenvalue weighted by molar-refractivity contribution is -0.198.